The maximum atomic E-state index is 4.88. The lowest BCUT2D eigenvalue weighted by atomic mass is 10.2. The Morgan fingerprint density at radius 2 is 1.37 bits per heavy atom. The Morgan fingerprint density at radius 3 is 1.97 bits per heavy atom. The van der Waals surface area contributed by atoms with Gasteiger partial charge in [0.05, 0.1) is 20.7 Å². The third-order valence-electron chi connectivity index (χ3n) is 5.31. The zero-order chi connectivity index (χ0) is 21.5. The summed E-state index contributed by atoms with van der Waals surface area (Å²) in [6.45, 7) is 14.5. The largest absolute Gasteiger partial charge is 0.298 e. The molecule has 6 nitrogen and oxygen atoms in total. The molecule has 7 heteroatoms. The second-order valence-electron chi connectivity index (χ2n) is 7.19. The molecule has 0 spiro atoms. The summed E-state index contributed by atoms with van der Waals surface area (Å²) in [6.07, 6.45) is 2.03. The highest BCUT2D eigenvalue weighted by molar-refractivity contribution is 14.1. The smallest absolute Gasteiger partial charge is 0.153 e. The van der Waals surface area contributed by atoms with E-state index >= 15 is 0 Å². The van der Waals surface area contributed by atoms with Crippen LogP contribution in [-0.2, 0) is 13.1 Å². The van der Waals surface area contributed by atoms with Crippen LogP contribution in [0.25, 0.3) is 17.2 Å². The summed E-state index contributed by atoms with van der Waals surface area (Å²) >= 11 is 2.33. The van der Waals surface area contributed by atoms with E-state index in [1.165, 1.54) is 0 Å². The van der Waals surface area contributed by atoms with Gasteiger partial charge < -0.3 is 0 Å². The molecule has 0 fully saturated rings. The maximum absolute atomic E-state index is 4.88. The number of halogens is 1. The summed E-state index contributed by atoms with van der Waals surface area (Å²) in [5, 5.41) is 4.83. The minimum atomic E-state index is 0.836. The molecule has 3 aromatic heterocycles. The van der Waals surface area contributed by atoms with Crippen molar-refractivity contribution < 1.29 is 0 Å². The number of hydrogen-bond acceptors (Lipinski definition) is 5. The van der Waals surface area contributed by atoms with E-state index in [-0.39, 0.29) is 0 Å². The fraction of sp³-hybridized carbons (Fsp3) is 0.435. The molecule has 3 heterocycles. The molecule has 0 aromatic carbocycles. The van der Waals surface area contributed by atoms with E-state index in [0.29, 0.717) is 0 Å². The normalized spacial score (nSPS) is 11.6. The van der Waals surface area contributed by atoms with Gasteiger partial charge in [0.15, 0.2) is 5.82 Å². The van der Waals surface area contributed by atoms with Crippen LogP contribution in [0.5, 0.6) is 0 Å². The molecule has 3 aromatic rings. The van der Waals surface area contributed by atoms with Gasteiger partial charge in [0.2, 0.25) is 0 Å². The lowest BCUT2D eigenvalue weighted by Gasteiger charge is -2.17. The van der Waals surface area contributed by atoms with Crippen molar-refractivity contribution in [2.24, 2.45) is 0 Å². The highest BCUT2D eigenvalue weighted by Gasteiger charge is 2.14. The van der Waals surface area contributed by atoms with E-state index < -0.39 is 0 Å². The molecule has 0 aliphatic rings. The first-order valence-electron chi connectivity index (χ1n) is 10.7. The minimum Gasteiger partial charge on any atom is -0.298 e. The molecule has 0 N–H and O–H groups in total. The molecule has 3 rings (SSSR count). The summed E-state index contributed by atoms with van der Waals surface area (Å²) < 4.78 is 2.93. The van der Waals surface area contributed by atoms with Gasteiger partial charge in [-0.3, -0.25) is 9.80 Å². The molecule has 0 saturated carbocycles. The Bertz CT molecular complexity index is 946. The number of pyridine rings is 2. The lowest BCUT2D eigenvalue weighted by molar-refractivity contribution is 0.292. The van der Waals surface area contributed by atoms with Gasteiger partial charge in [-0.15, -0.1) is 0 Å². The van der Waals surface area contributed by atoms with Crippen molar-refractivity contribution in [2.75, 3.05) is 26.2 Å². The molecule has 0 aliphatic heterocycles. The van der Waals surface area contributed by atoms with Crippen molar-refractivity contribution in [1.82, 2.24) is 29.5 Å². The van der Waals surface area contributed by atoms with Crippen LogP contribution in [0.3, 0.4) is 0 Å². The number of aromatic nitrogens is 4. The zero-order valence-electron chi connectivity index (χ0n) is 18.3. The summed E-state index contributed by atoms with van der Waals surface area (Å²) in [5.41, 5.74) is 3.93. The van der Waals surface area contributed by atoms with E-state index in [4.69, 9.17) is 15.1 Å². The van der Waals surface area contributed by atoms with Gasteiger partial charge in [0.1, 0.15) is 5.69 Å². The van der Waals surface area contributed by atoms with E-state index in [0.717, 1.165) is 71.4 Å². The second-order valence-corrected chi connectivity index (χ2v) is 8.36. The monoisotopic (exact) mass is 518 g/mol. The SMILES string of the molecule is CCN(CC)Cc1cccc(-c2nn(-c3cccc(CN(CC)CC)n3)cc2I)n1. The molecular weight excluding hydrogens is 487 g/mol. The third-order valence-corrected chi connectivity index (χ3v) is 6.10. The van der Waals surface area contributed by atoms with Gasteiger partial charge in [-0.25, -0.2) is 14.6 Å². The zero-order valence-corrected chi connectivity index (χ0v) is 20.5. The Hall–Kier alpha value is -1.84. The molecule has 30 heavy (non-hydrogen) atoms. The van der Waals surface area contributed by atoms with Crippen LogP contribution >= 0.6 is 22.6 Å². The highest BCUT2D eigenvalue weighted by atomic mass is 127. The van der Waals surface area contributed by atoms with Gasteiger partial charge in [-0.05, 0) is 73.0 Å². The van der Waals surface area contributed by atoms with Crippen LogP contribution < -0.4 is 0 Å². The van der Waals surface area contributed by atoms with Crippen LogP contribution in [0.15, 0.2) is 42.6 Å². The van der Waals surface area contributed by atoms with Crippen molar-refractivity contribution in [2.45, 2.75) is 40.8 Å². The maximum Gasteiger partial charge on any atom is 0.153 e. The molecule has 160 valence electrons. The molecule has 0 aliphatic carbocycles. The molecule has 0 atom stereocenters. The van der Waals surface area contributed by atoms with E-state index in [2.05, 4.69) is 84.4 Å². The number of nitrogens with zero attached hydrogens (tertiary/aromatic N) is 6. The van der Waals surface area contributed by atoms with Gasteiger partial charge in [0, 0.05) is 19.3 Å². The average Bonchev–Trinajstić information content (AvgIpc) is 3.18. The first-order chi connectivity index (χ1) is 14.6. The Kier molecular flexibility index (Phi) is 8.35. The van der Waals surface area contributed by atoms with Crippen LogP contribution in [0.4, 0.5) is 0 Å². The number of rotatable bonds is 10. The van der Waals surface area contributed by atoms with Crippen molar-refractivity contribution >= 4 is 22.6 Å². The molecule has 0 radical (unpaired) electrons. The van der Waals surface area contributed by atoms with Gasteiger partial charge in [-0.2, -0.15) is 5.10 Å². The van der Waals surface area contributed by atoms with Gasteiger partial charge >= 0.3 is 0 Å². The van der Waals surface area contributed by atoms with Crippen molar-refractivity contribution in [1.29, 1.82) is 0 Å². The molecule has 0 amide bonds. The minimum absolute atomic E-state index is 0.836. The first-order valence-corrected chi connectivity index (χ1v) is 11.8. The fourth-order valence-electron chi connectivity index (χ4n) is 3.38. The van der Waals surface area contributed by atoms with Crippen LogP contribution in [-0.4, -0.2) is 55.7 Å². The van der Waals surface area contributed by atoms with Crippen LogP contribution in [0, 0.1) is 3.57 Å². The quantitative estimate of drug-likeness (QED) is 0.367. The van der Waals surface area contributed by atoms with Gasteiger partial charge in [-0.1, -0.05) is 39.8 Å². The second kappa shape index (κ2) is 11.0. The van der Waals surface area contributed by atoms with E-state index in [1.54, 1.807) is 0 Å². The molecule has 0 saturated heterocycles. The lowest BCUT2D eigenvalue weighted by Crippen LogP contribution is -2.23. The summed E-state index contributed by atoms with van der Waals surface area (Å²) in [6, 6.07) is 12.3. The predicted molar refractivity (Wildman–Crippen MR) is 131 cm³/mol. The highest BCUT2D eigenvalue weighted by Crippen LogP contribution is 2.24. The van der Waals surface area contributed by atoms with Crippen molar-refractivity contribution in [3.8, 4) is 17.2 Å². The summed E-state index contributed by atoms with van der Waals surface area (Å²) in [7, 11) is 0. The number of hydrogen-bond donors (Lipinski definition) is 0. The van der Waals surface area contributed by atoms with E-state index in [1.807, 2.05) is 23.0 Å². The molecule has 0 unspecified atom stereocenters. The first kappa shape index (κ1) is 22.8. The van der Waals surface area contributed by atoms with Crippen molar-refractivity contribution in [3.05, 3.63) is 57.6 Å². The Labute approximate surface area is 193 Å². The van der Waals surface area contributed by atoms with Gasteiger partial charge in [0.25, 0.3) is 0 Å². The summed E-state index contributed by atoms with van der Waals surface area (Å²) in [5.74, 6) is 0.836. The van der Waals surface area contributed by atoms with Crippen LogP contribution in [0.1, 0.15) is 39.1 Å². The van der Waals surface area contributed by atoms with Crippen molar-refractivity contribution in [3.63, 3.8) is 0 Å². The topological polar surface area (TPSA) is 50.1 Å². The average molecular weight is 518 g/mol. The summed E-state index contributed by atoms with van der Waals surface area (Å²) in [4.78, 5) is 14.4. The predicted octanol–water partition coefficient (Wildman–Crippen LogP) is 4.62. The fourth-order valence-corrected chi connectivity index (χ4v) is 4.03. The molecule has 0 bridgehead atoms. The standard InChI is InChI=1S/C23H31IN6/c1-5-28(6-2)15-18-11-9-13-21(25-18)23-20(24)17-30(27-23)22-14-10-12-19(26-22)16-29(7-3)8-4/h9-14,17H,5-8,15-16H2,1-4H3. The Balaban J connectivity index is 1.86. The van der Waals surface area contributed by atoms with Crippen LogP contribution in [0.2, 0.25) is 0 Å². The third kappa shape index (κ3) is 5.65. The molecular formula is C23H31IN6. The Morgan fingerprint density at radius 1 is 0.800 bits per heavy atom. The van der Waals surface area contributed by atoms with E-state index in [9.17, 15) is 0 Å².